The zero-order valence-electron chi connectivity index (χ0n) is 10.1. The van der Waals surface area contributed by atoms with Crippen LogP contribution in [0.15, 0.2) is 71.3 Å². The highest BCUT2D eigenvalue weighted by molar-refractivity contribution is 6.06. The highest BCUT2D eigenvalue weighted by Gasteiger charge is 2.15. The zero-order chi connectivity index (χ0) is 13.1. The molecule has 0 aliphatic rings. The maximum absolute atomic E-state index is 12.1. The number of carbonyl (C=O) groups excluding carboxylic acids is 1. The van der Waals surface area contributed by atoms with E-state index in [9.17, 15) is 4.79 Å². The average molecular weight is 249 g/mol. The monoisotopic (exact) mass is 249 g/mol. The number of ketones is 1. The molecule has 0 N–H and O–H groups in total. The third-order valence-corrected chi connectivity index (χ3v) is 2.79. The Bertz CT molecular complexity index is 687. The highest BCUT2D eigenvalue weighted by atomic mass is 16.4. The number of benzene rings is 2. The summed E-state index contributed by atoms with van der Waals surface area (Å²) in [6.45, 7) is 0. The minimum Gasteiger partial charge on any atom is -0.433 e. The van der Waals surface area contributed by atoms with Crippen LogP contribution in [0, 0.1) is 0 Å². The molecule has 0 spiro atoms. The number of carbonyl (C=O) groups is 1. The predicted molar refractivity (Wildman–Crippen MR) is 71.8 cm³/mol. The van der Waals surface area contributed by atoms with Gasteiger partial charge in [0.15, 0.2) is 5.76 Å². The van der Waals surface area contributed by atoms with Crippen molar-refractivity contribution in [1.82, 2.24) is 4.98 Å². The van der Waals surface area contributed by atoms with Crippen molar-refractivity contribution in [3.63, 3.8) is 0 Å². The second-order valence-corrected chi connectivity index (χ2v) is 4.09. The molecule has 0 aliphatic heterocycles. The van der Waals surface area contributed by atoms with E-state index in [1.165, 1.54) is 0 Å². The van der Waals surface area contributed by atoms with Crippen LogP contribution in [0.2, 0.25) is 0 Å². The lowest BCUT2D eigenvalue weighted by Crippen LogP contribution is -2.00. The van der Waals surface area contributed by atoms with Crippen molar-refractivity contribution in [2.24, 2.45) is 0 Å². The fourth-order valence-electron chi connectivity index (χ4n) is 1.83. The Balaban J connectivity index is 1.92. The van der Waals surface area contributed by atoms with Gasteiger partial charge in [-0.15, -0.1) is 0 Å². The molecule has 3 rings (SSSR count). The molecule has 1 aromatic heterocycles. The van der Waals surface area contributed by atoms with Crippen molar-refractivity contribution in [2.75, 3.05) is 0 Å². The second-order valence-electron chi connectivity index (χ2n) is 4.09. The first-order valence-electron chi connectivity index (χ1n) is 5.95. The number of hydrogen-bond donors (Lipinski definition) is 0. The summed E-state index contributed by atoms with van der Waals surface area (Å²) in [5.41, 5.74) is 1.48. The van der Waals surface area contributed by atoms with Gasteiger partial charge in [-0.05, 0) is 0 Å². The van der Waals surface area contributed by atoms with Gasteiger partial charge in [-0.2, -0.15) is 0 Å². The number of nitrogens with zero attached hydrogens (tertiary/aromatic N) is 1. The molecule has 1 heterocycles. The maximum atomic E-state index is 12.1. The van der Waals surface area contributed by atoms with Gasteiger partial charge in [0, 0.05) is 11.1 Å². The predicted octanol–water partition coefficient (Wildman–Crippen LogP) is 3.57. The molecule has 0 saturated heterocycles. The van der Waals surface area contributed by atoms with E-state index in [0.717, 1.165) is 5.56 Å². The third kappa shape index (κ3) is 2.31. The Labute approximate surface area is 110 Å². The molecule has 3 heteroatoms. The molecule has 0 saturated carbocycles. The van der Waals surface area contributed by atoms with E-state index in [-0.39, 0.29) is 11.7 Å². The standard InChI is InChI=1S/C16H11NO2/c18-15(13-9-5-2-6-10-13)16-17-11-14(19-16)12-7-3-1-4-8-12/h1-11H. The molecule has 2 aromatic carbocycles. The summed E-state index contributed by atoms with van der Waals surface area (Å²) in [4.78, 5) is 16.2. The van der Waals surface area contributed by atoms with E-state index in [2.05, 4.69) is 4.98 Å². The third-order valence-electron chi connectivity index (χ3n) is 2.79. The molecule has 92 valence electrons. The molecule has 0 aliphatic carbocycles. The lowest BCUT2D eigenvalue weighted by molar-refractivity contribution is 0.100. The Morgan fingerprint density at radius 3 is 2.21 bits per heavy atom. The van der Waals surface area contributed by atoms with Gasteiger partial charge >= 0.3 is 0 Å². The Morgan fingerprint density at radius 2 is 1.53 bits per heavy atom. The number of rotatable bonds is 3. The molecule has 0 unspecified atom stereocenters. The minimum atomic E-state index is -0.206. The van der Waals surface area contributed by atoms with Crippen molar-refractivity contribution in [3.05, 3.63) is 78.3 Å². The summed E-state index contributed by atoms with van der Waals surface area (Å²) in [6.07, 6.45) is 1.57. The fraction of sp³-hybridized carbons (Fsp3) is 0. The molecule has 19 heavy (non-hydrogen) atoms. The molecule has 0 radical (unpaired) electrons. The van der Waals surface area contributed by atoms with E-state index in [1.54, 1.807) is 18.3 Å². The summed E-state index contributed by atoms with van der Waals surface area (Å²) in [5.74, 6) is 0.507. The Hall–Kier alpha value is -2.68. The minimum absolute atomic E-state index is 0.116. The van der Waals surface area contributed by atoms with Gasteiger partial charge in [-0.3, -0.25) is 4.79 Å². The summed E-state index contributed by atoms with van der Waals surface area (Å²) < 4.78 is 5.53. The lowest BCUT2D eigenvalue weighted by atomic mass is 10.1. The second kappa shape index (κ2) is 4.90. The first-order chi connectivity index (χ1) is 9.34. The lowest BCUT2D eigenvalue weighted by Gasteiger charge is -1.96. The van der Waals surface area contributed by atoms with Crippen molar-refractivity contribution >= 4 is 5.78 Å². The van der Waals surface area contributed by atoms with E-state index in [0.29, 0.717) is 11.3 Å². The maximum Gasteiger partial charge on any atom is 0.268 e. The first-order valence-corrected chi connectivity index (χ1v) is 5.95. The van der Waals surface area contributed by atoms with Gasteiger partial charge in [-0.1, -0.05) is 60.7 Å². The van der Waals surface area contributed by atoms with Gasteiger partial charge < -0.3 is 4.42 Å². The van der Waals surface area contributed by atoms with Gasteiger partial charge in [0.2, 0.25) is 5.78 Å². The van der Waals surface area contributed by atoms with E-state index < -0.39 is 0 Å². The van der Waals surface area contributed by atoms with Crippen LogP contribution in [0.3, 0.4) is 0 Å². The normalized spacial score (nSPS) is 10.3. The highest BCUT2D eigenvalue weighted by Crippen LogP contribution is 2.21. The van der Waals surface area contributed by atoms with Gasteiger partial charge in [0.1, 0.15) is 0 Å². The molecule has 0 atom stereocenters. The van der Waals surface area contributed by atoms with E-state index >= 15 is 0 Å². The van der Waals surface area contributed by atoms with Crippen LogP contribution in [-0.2, 0) is 0 Å². The molecule has 3 nitrogen and oxygen atoms in total. The van der Waals surface area contributed by atoms with Crippen LogP contribution in [-0.4, -0.2) is 10.8 Å². The molecular formula is C16H11NO2. The van der Waals surface area contributed by atoms with Crippen LogP contribution < -0.4 is 0 Å². The summed E-state index contributed by atoms with van der Waals surface area (Å²) in [5, 5.41) is 0. The molecule has 0 fully saturated rings. The van der Waals surface area contributed by atoms with Crippen LogP contribution in [0.1, 0.15) is 16.2 Å². The van der Waals surface area contributed by atoms with Crippen LogP contribution in [0.4, 0.5) is 0 Å². The van der Waals surface area contributed by atoms with Crippen molar-refractivity contribution < 1.29 is 9.21 Å². The Kier molecular flexibility index (Phi) is 2.94. The molecular weight excluding hydrogens is 238 g/mol. The van der Waals surface area contributed by atoms with E-state index in [4.69, 9.17) is 4.42 Å². The van der Waals surface area contributed by atoms with Crippen molar-refractivity contribution in [1.29, 1.82) is 0 Å². The van der Waals surface area contributed by atoms with Crippen LogP contribution >= 0.6 is 0 Å². The summed E-state index contributed by atoms with van der Waals surface area (Å²) in [7, 11) is 0. The largest absolute Gasteiger partial charge is 0.433 e. The number of oxazole rings is 1. The van der Waals surface area contributed by atoms with Gasteiger partial charge in [0.05, 0.1) is 6.20 Å². The number of aromatic nitrogens is 1. The molecule has 3 aromatic rings. The molecule has 0 bridgehead atoms. The van der Waals surface area contributed by atoms with Gasteiger partial charge in [-0.25, -0.2) is 4.98 Å². The first kappa shape index (κ1) is 11.4. The van der Waals surface area contributed by atoms with Crippen LogP contribution in [0.25, 0.3) is 11.3 Å². The van der Waals surface area contributed by atoms with E-state index in [1.807, 2.05) is 48.5 Å². The molecule has 0 amide bonds. The quantitative estimate of drug-likeness (QED) is 0.666. The SMILES string of the molecule is O=C(c1ccccc1)c1ncc(-c2ccccc2)o1. The fourth-order valence-corrected chi connectivity index (χ4v) is 1.83. The summed E-state index contributed by atoms with van der Waals surface area (Å²) >= 11 is 0. The smallest absolute Gasteiger partial charge is 0.268 e. The average Bonchev–Trinajstić information content (AvgIpc) is 2.98. The zero-order valence-corrected chi connectivity index (χ0v) is 10.1. The topological polar surface area (TPSA) is 43.1 Å². The number of hydrogen-bond acceptors (Lipinski definition) is 3. The van der Waals surface area contributed by atoms with Crippen LogP contribution in [0.5, 0.6) is 0 Å². The van der Waals surface area contributed by atoms with Crippen molar-refractivity contribution in [3.8, 4) is 11.3 Å². The Morgan fingerprint density at radius 1 is 0.895 bits per heavy atom. The van der Waals surface area contributed by atoms with Crippen molar-refractivity contribution in [2.45, 2.75) is 0 Å². The van der Waals surface area contributed by atoms with Gasteiger partial charge in [0.25, 0.3) is 5.89 Å². The summed E-state index contributed by atoms with van der Waals surface area (Å²) in [6, 6.07) is 18.6.